The van der Waals surface area contributed by atoms with Crippen molar-refractivity contribution in [3.05, 3.63) is 77.5 Å². The zero-order chi connectivity index (χ0) is 22.0. The molecular weight excluding hydrogens is 404 g/mol. The van der Waals surface area contributed by atoms with Crippen molar-refractivity contribution >= 4 is 22.8 Å². The molecule has 6 nitrogen and oxygen atoms in total. The van der Waals surface area contributed by atoms with Gasteiger partial charge in [0.25, 0.3) is 5.91 Å². The van der Waals surface area contributed by atoms with E-state index in [0.717, 1.165) is 11.5 Å². The summed E-state index contributed by atoms with van der Waals surface area (Å²) in [4.78, 5) is 31.1. The highest BCUT2D eigenvalue weighted by Gasteiger charge is 2.38. The number of esters is 1. The summed E-state index contributed by atoms with van der Waals surface area (Å²) in [7, 11) is 1.28. The minimum atomic E-state index is -0.684. The van der Waals surface area contributed by atoms with E-state index < -0.39 is 23.6 Å². The minimum Gasteiger partial charge on any atom is -0.468 e. The molecule has 0 radical (unpaired) electrons. The summed E-state index contributed by atoms with van der Waals surface area (Å²) >= 11 is 0. The van der Waals surface area contributed by atoms with Crippen molar-refractivity contribution in [3.8, 4) is 0 Å². The van der Waals surface area contributed by atoms with Crippen molar-refractivity contribution in [2.75, 3.05) is 13.7 Å². The molecule has 1 amide bonds. The van der Waals surface area contributed by atoms with Gasteiger partial charge in [-0.3, -0.25) is 14.5 Å². The first-order valence-electron chi connectivity index (χ1n) is 9.87. The molecule has 0 bridgehead atoms. The number of fused-ring (bicyclic) bond motifs is 1. The van der Waals surface area contributed by atoms with Crippen molar-refractivity contribution in [2.45, 2.75) is 25.0 Å². The smallest absolute Gasteiger partial charge is 0.323 e. The Balaban J connectivity index is 1.49. The van der Waals surface area contributed by atoms with Crippen LogP contribution in [0.15, 0.2) is 54.6 Å². The zero-order valence-electron chi connectivity index (χ0n) is 16.8. The van der Waals surface area contributed by atoms with Gasteiger partial charge in [-0.1, -0.05) is 30.3 Å². The first-order chi connectivity index (χ1) is 14.9. The lowest BCUT2D eigenvalue weighted by atomic mass is 10.1. The molecule has 1 saturated heterocycles. The van der Waals surface area contributed by atoms with Crippen LogP contribution in [0.2, 0.25) is 0 Å². The van der Waals surface area contributed by atoms with Crippen LogP contribution >= 0.6 is 0 Å². The number of benzene rings is 2. The Morgan fingerprint density at radius 1 is 1.16 bits per heavy atom. The van der Waals surface area contributed by atoms with Crippen molar-refractivity contribution in [2.24, 2.45) is 0 Å². The number of carbonyl (C=O) groups is 2. The number of hydrogen-bond acceptors (Lipinski definition) is 5. The van der Waals surface area contributed by atoms with Gasteiger partial charge in [-0.05, 0) is 24.6 Å². The van der Waals surface area contributed by atoms with E-state index in [9.17, 15) is 18.4 Å². The van der Waals surface area contributed by atoms with E-state index in [-0.39, 0.29) is 29.8 Å². The van der Waals surface area contributed by atoms with Crippen molar-refractivity contribution in [3.63, 3.8) is 0 Å². The van der Waals surface area contributed by atoms with Crippen molar-refractivity contribution < 1.29 is 23.1 Å². The molecule has 1 N–H and O–H groups in total. The van der Waals surface area contributed by atoms with Gasteiger partial charge in [0.1, 0.15) is 23.4 Å². The van der Waals surface area contributed by atoms with E-state index in [0.29, 0.717) is 18.5 Å². The largest absolute Gasteiger partial charge is 0.468 e. The molecular formula is C23H21F2N3O3. The van der Waals surface area contributed by atoms with Gasteiger partial charge in [0.05, 0.1) is 12.6 Å². The number of carbonyl (C=O) groups excluding carboxylic acids is 2. The molecule has 4 rings (SSSR count). The quantitative estimate of drug-likeness (QED) is 0.637. The molecule has 31 heavy (non-hydrogen) atoms. The Hall–Kier alpha value is -3.39. The molecule has 160 valence electrons. The van der Waals surface area contributed by atoms with E-state index in [2.05, 4.69) is 10.3 Å². The average molecular weight is 425 g/mol. The summed E-state index contributed by atoms with van der Waals surface area (Å²) in [6.45, 7) is 0.405. The van der Waals surface area contributed by atoms with E-state index in [1.54, 1.807) is 11.0 Å². The van der Waals surface area contributed by atoms with E-state index >= 15 is 0 Å². The number of likely N-dealkylation sites (tertiary alicyclic amines) is 1. The second-order valence-electron chi connectivity index (χ2n) is 7.50. The summed E-state index contributed by atoms with van der Waals surface area (Å²) in [6.07, 6.45) is 0.314. The number of ether oxygens (including phenoxy) is 1. The molecule has 2 atom stereocenters. The van der Waals surface area contributed by atoms with Crippen molar-refractivity contribution in [1.82, 2.24) is 15.2 Å². The predicted molar refractivity (Wildman–Crippen MR) is 110 cm³/mol. The van der Waals surface area contributed by atoms with Crippen LogP contribution in [-0.4, -0.2) is 47.5 Å². The first-order valence-corrected chi connectivity index (χ1v) is 9.87. The molecule has 2 aromatic carbocycles. The van der Waals surface area contributed by atoms with Gasteiger partial charge in [-0.2, -0.15) is 0 Å². The monoisotopic (exact) mass is 425 g/mol. The number of nitrogens with one attached hydrogen (secondary N) is 1. The molecule has 0 unspecified atom stereocenters. The summed E-state index contributed by atoms with van der Waals surface area (Å²) in [5, 5.41) is 3.83. The molecule has 2 heterocycles. The number of methoxy groups -OCH3 is 1. The van der Waals surface area contributed by atoms with Gasteiger partial charge in [0.15, 0.2) is 0 Å². The predicted octanol–water partition coefficient (Wildman–Crippen LogP) is 3.06. The lowest BCUT2D eigenvalue weighted by molar-refractivity contribution is -0.146. The molecule has 1 aliphatic rings. The fraction of sp³-hybridized carbons (Fsp3) is 0.261. The average Bonchev–Trinajstić information content (AvgIpc) is 3.16. The third-order valence-electron chi connectivity index (χ3n) is 5.43. The summed E-state index contributed by atoms with van der Waals surface area (Å²) in [5.74, 6) is -2.17. The Morgan fingerprint density at radius 2 is 1.97 bits per heavy atom. The number of hydrogen-bond donors (Lipinski definition) is 1. The van der Waals surface area contributed by atoms with E-state index in [4.69, 9.17) is 4.74 Å². The Bertz CT molecular complexity index is 1140. The maximum absolute atomic E-state index is 14.1. The van der Waals surface area contributed by atoms with Crippen LogP contribution in [0, 0.1) is 11.6 Å². The van der Waals surface area contributed by atoms with E-state index in [1.807, 2.05) is 30.3 Å². The third kappa shape index (κ3) is 4.54. The third-order valence-corrected chi connectivity index (χ3v) is 5.43. The van der Waals surface area contributed by atoms with Gasteiger partial charge >= 0.3 is 5.97 Å². The fourth-order valence-electron chi connectivity index (χ4n) is 3.88. The number of rotatable bonds is 5. The zero-order valence-corrected chi connectivity index (χ0v) is 16.8. The molecule has 3 aromatic rings. The molecule has 0 saturated carbocycles. The Labute approximate surface area is 177 Å². The van der Waals surface area contributed by atoms with Gasteiger partial charge in [-0.25, -0.2) is 13.8 Å². The number of halogens is 2. The molecule has 1 aliphatic heterocycles. The van der Waals surface area contributed by atoms with Crippen LogP contribution in [0.1, 0.15) is 22.5 Å². The standard InChI is InChI=1S/C23H21F2N3O3/c1-31-23(30)21-11-17(13-28(21)12-15-6-8-16(24)10-18(15)25)26-22(29)20-9-7-14-4-2-3-5-19(14)27-20/h2-10,17,21H,11-13H2,1H3,(H,26,29)/t17-,21+/m1/s1. The second kappa shape index (κ2) is 8.77. The lowest BCUT2D eigenvalue weighted by Gasteiger charge is -2.22. The second-order valence-corrected chi connectivity index (χ2v) is 7.50. The van der Waals surface area contributed by atoms with Crippen LogP contribution < -0.4 is 5.32 Å². The summed E-state index contributed by atoms with van der Waals surface area (Å²) < 4.78 is 32.2. The lowest BCUT2D eigenvalue weighted by Crippen LogP contribution is -2.38. The summed E-state index contributed by atoms with van der Waals surface area (Å²) in [6, 6.07) is 13.3. The van der Waals surface area contributed by atoms with Gasteiger partial charge in [-0.15, -0.1) is 0 Å². The number of aromatic nitrogens is 1. The SMILES string of the molecule is COC(=O)[C@@H]1C[C@@H](NC(=O)c2ccc3ccccc3n2)CN1Cc1ccc(F)cc1F. The summed E-state index contributed by atoms with van der Waals surface area (Å²) in [5.41, 5.74) is 1.25. The van der Waals surface area contributed by atoms with Gasteiger partial charge < -0.3 is 10.1 Å². The normalized spacial score (nSPS) is 18.8. The van der Waals surface area contributed by atoms with Crippen LogP contribution in [0.5, 0.6) is 0 Å². The molecule has 0 aliphatic carbocycles. The van der Waals surface area contributed by atoms with Crippen LogP contribution in [-0.2, 0) is 16.1 Å². The number of amides is 1. The highest BCUT2D eigenvalue weighted by atomic mass is 19.1. The minimum absolute atomic E-state index is 0.0898. The Morgan fingerprint density at radius 3 is 2.74 bits per heavy atom. The number of para-hydroxylation sites is 1. The molecule has 1 aromatic heterocycles. The number of pyridine rings is 1. The van der Waals surface area contributed by atoms with Crippen LogP contribution in [0.25, 0.3) is 10.9 Å². The molecule has 0 spiro atoms. The number of nitrogens with zero attached hydrogens (tertiary/aromatic N) is 2. The van der Waals surface area contributed by atoms with E-state index in [1.165, 1.54) is 19.2 Å². The van der Waals surface area contributed by atoms with Gasteiger partial charge in [0, 0.05) is 36.1 Å². The van der Waals surface area contributed by atoms with Crippen LogP contribution in [0.3, 0.4) is 0 Å². The Kier molecular flexibility index (Phi) is 5.90. The highest BCUT2D eigenvalue weighted by molar-refractivity contribution is 5.95. The highest BCUT2D eigenvalue weighted by Crippen LogP contribution is 2.23. The fourth-order valence-corrected chi connectivity index (χ4v) is 3.88. The first kappa shape index (κ1) is 20.9. The van der Waals surface area contributed by atoms with Crippen LogP contribution in [0.4, 0.5) is 8.78 Å². The topological polar surface area (TPSA) is 71.5 Å². The van der Waals surface area contributed by atoms with Crippen molar-refractivity contribution in [1.29, 1.82) is 0 Å². The molecule has 1 fully saturated rings. The van der Waals surface area contributed by atoms with Gasteiger partial charge in [0.2, 0.25) is 0 Å². The maximum Gasteiger partial charge on any atom is 0.323 e. The molecule has 8 heteroatoms. The maximum atomic E-state index is 14.1.